The van der Waals surface area contributed by atoms with Crippen molar-refractivity contribution >= 4 is 11.8 Å². The maximum Gasteiger partial charge on any atom is 0.342 e. The molecule has 0 aliphatic rings. The second-order valence-corrected chi connectivity index (χ2v) is 7.50. The van der Waals surface area contributed by atoms with Gasteiger partial charge in [0.2, 0.25) is 5.78 Å². The van der Waals surface area contributed by atoms with Crippen molar-refractivity contribution in [3.8, 4) is 11.5 Å². The van der Waals surface area contributed by atoms with E-state index in [-0.39, 0.29) is 23.7 Å². The number of methoxy groups -OCH3 is 1. The topological polar surface area (TPSA) is 77.8 Å². The average molecular weight is 421 g/mol. The lowest BCUT2D eigenvalue weighted by Gasteiger charge is -2.11. The largest absolute Gasteiger partial charge is 0.507 e. The molecule has 0 bridgehead atoms. The van der Waals surface area contributed by atoms with E-state index in [2.05, 4.69) is 4.57 Å². The number of Topliss-reactive ketones (excluding diaryl/α,β-unsaturated/α-hetero) is 1. The standard InChI is InChI=1S/C25H27NO5/c1-16-6-5-7-21(24(16)28)25(29)31-15-23(27)22-14-17(2)26(18(22)3)13-12-19-8-10-20(30-4)11-9-19/h5-11,14,28H,12-13,15H2,1-4H3. The summed E-state index contributed by atoms with van der Waals surface area (Å²) in [6.07, 6.45) is 0.815. The molecular formula is C25H27NO5. The van der Waals surface area contributed by atoms with Gasteiger partial charge in [-0.15, -0.1) is 0 Å². The van der Waals surface area contributed by atoms with E-state index in [1.807, 2.05) is 44.2 Å². The van der Waals surface area contributed by atoms with E-state index in [4.69, 9.17) is 9.47 Å². The van der Waals surface area contributed by atoms with Gasteiger partial charge in [0, 0.05) is 23.5 Å². The first-order valence-corrected chi connectivity index (χ1v) is 10.1. The molecule has 1 aromatic heterocycles. The molecule has 0 atom stereocenters. The Morgan fingerprint density at radius 3 is 2.39 bits per heavy atom. The summed E-state index contributed by atoms with van der Waals surface area (Å²) in [4.78, 5) is 25.0. The second kappa shape index (κ2) is 9.51. The minimum Gasteiger partial charge on any atom is -0.507 e. The van der Waals surface area contributed by atoms with E-state index in [1.54, 1.807) is 26.2 Å². The van der Waals surface area contributed by atoms with Gasteiger partial charge in [0.15, 0.2) is 6.61 Å². The molecule has 162 valence electrons. The Balaban J connectivity index is 1.65. The van der Waals surface area contributed by atoms with E-state index in [0.717, 1.165) is 30.1 Å². The van der Waals surface area contributed by atoms with Crippen molar-refractivity contribution in [3.63, 3.8) is 0 Å². The quantitative estimate of drug-likeness (QED) is 0.431. The van der Waals surface area contributed by atoms with Crippen molar-refractivity contribution in [2.24, 2.45) is 0 Å². The van der Waals surface area contributed by atoms with Crippen LogP contribution in [0.15, 0.2) is 48.5 Å². The van der Waals surface area contributed by atoms with Crippen LogP contribution in [0.5, 0.6) is 11.5 Å². The first kappa shape index (κ1) is 22.2. The fraction of sp³-hybridized carbons (Fsp3) is 0.280. The molecule has 0 aliphatic carbocycles. The summed E-state index contributed by atoms with van der Waals surface area (Å²) in [5.41, 5.74) is 4.14. The van der Waals surface area contributed by atoms with Crippen LogP contribution in [0.2, 0.25) is 0 Å². The van der Waals surface area contributed by atoms with Gasteiger partial charge in [-0.3, -0.25) is 4.79 Å². The molecule has 31 heavy (non-hydrogen) atoms. The maximum absolute atomic E-state index is 12.7. The van der Waals surface area contributed by atoms with E-state index in [1.165, 1.54) is 11.6 Å². The van der Waals surface area contributed by atoms with Crippen molar-refractivity contribution in [1.82, 2.24) is 4.57 Å². The number of ketones is 1. The van der Waals surface area contributed by atoms with Gasteiger partial charge in [-0.2, -0.15) is 0 Å². The summed E-state index contributed by atoms with van der Waals surface area (Å²) in [7, 11) is 1.64. The SMILES string of the molecule is COc1ccc(CCn2c(C)cc(C(=O)COC(=O)c3cccc(C)c3O)c2C)cc1. The summed E-state index contributed by atoms with van der Waals surface area (Å²) in [6.45, 7) is 5.89. The highest BCUT2D eigenvalue weighted by molar-refractivity contribution is 6.01. The van der Waals surface area contributed by atoms with Gasteiger partial charge in [-0.1, -0.05) is 24.3 Å². The van der Waals surface area contributed by atoms with Gasteiger partial charge in [-0.25, -0.2) is 4.79 Å². The number of hydrogen-bond acceptors (Lipinski definition) is 5. The Morgan fingerprint density at radius 2 is 1.71 bits per heavy atom. The Morgan fingerprint density at radius 1 is 1.00 bits per heavy atom. The summed E-state index contributed by atoms with van der Waals surface area (Å²) in [5, 5.41) is 10.0. The second-order valence-electron chi connectivity index (χ2n) is 7.50. The maximum atomic E-state index is 12.7. The fourth-order valence-electron chi connectivity index (χ4n) is 3.57. The summed E-state index contributed by atoms with van der Waals surface area (Å²) in [5.74, 6) is -0.303. The van der Waals surface area contributed by atoms with Crippen molar-refractivity contribution in [2.75, 3.05) is 13.7 Å². The van der Waals surface area contributed by atoms with Gasteiger partial charge in [-0.05, 0) is 62.6 Å². The molecule has 1 N–H and O–H groups in total. The Kier molecular flexibility index (Phi) is 6.80. The van der Waals surface area contributed by atoms with E-state index in [0.29, 0.717) is 11.1 Å². The van der Waals surface area contributed by atoms with Gasteiger partial charge in [0.05, 0.1) is 7.11 Å². The van der Waals surface area contributed by atoms with E-state index in [9.17, 15) is 14.7 Å². The number of aryl methyl sites for hydroxylation is 3. The summed E-state index contributed by atoms with van der Waals surface area (Å²) < 4.78 is 12.4. The predicted molar refractivity (Wildman–Crippen MR) is 118 cm³/mol. The first-order chi connectivity index (χ1) is 14.8. The van der Waals surface area contributed by atoms with Crippen LogP contribution in [0.25, 0.3) is 0 Å². The number of para-hydroxylation sites is 1. The molecular weight excluding hydrogens is 394 g/mol. The van der Waals surface area contributed by atoms with Crippen LogP contribution in [0.1, 0.15) is 43.2 Å². The number of ether oxygens (including phenoxy) is 2. The fourth-order valence-corrected chi connectivity index (χ4v) is 3.57. The third-order valence-corrected chi connectivity index (χ3v) is 5.45. The highest BCUT2D eigenvalue weighted by Crippen LogP contribution is 2.23. The third-order valence-electron chi connectivity index (χ3n) is 5.45. The molecule has 0 aliphatic heterocycles. The van der Waals surface area contributed by atoms with Crippen LogP contribution in [0, 0.1) is 20.8 Å². The number of aromatic nitrogens is 1. The van der Waals surface area contributed by atoms with Crippen LogP contribution in [0.4, 0.5) is 0 Å². The molecule has 6 nitrogen and oxygen atoms in total. The molecule has 0 radical (unpaired) electrons. The van der Waals surface area contributed by atoms with Crippen LogP contribution in [-0.4, -0.2) is 35.1 Å². The summed E-state index contributed by atoms with van der Waals surface area (Å²) >= 11 is 0. The number of phenolic OH excluding ortho intramolecular Hbond substituents is 1. The molecule has 0 saturated carbocycles. The normalized spacial score (nSPS) is 10.7. The predicted octanol–water partition coefficient (Wildman–Crippen LogP) is 4.41. The molecule has 0 amide bonds. The lowest BCUT2D eigenvalue weighted by Crippen LogP contribution is -2.15. The number of rotatable bonds is 8. The molecule has 3 aromatic rings. The highest BCUT2D eigenvalue weighted by atomic mass is 16.5. The number of esters is 1. The zero-order chi connectivity index (χ0) is 22.5. The minimum atomic E-state index is -0.720. The Hall–Kier alpha value is -3.54. The number of aromatic hydroxyl groups is 1. The zero-order valence-corrected chi connectivity index (χ0v) is 18.3. The Bertz CT molecular complexity index is 1100. The molecule has 0 unspecified atom stereocenters. The number of carbonyl (C=O) groups excluding carboxylic acids is 2. The number of hydrogen-bond donors (Lipinski definition) is 1. The van der Waals surface area contributed by atoms with Crippen LogP contribution < -0.4 is 4.74 Å². The lowest BCUT2D eigenvalue weighted by molar-refractivity contribution is 0.0471. The molecule has 3 rings (SSSR count). The number of phenols is 1. The Labute approximate surface area is 182 Å². The van der Waals surface area contributed by atoms with Crippen molar-refractivity contribution in [1.29, 1.82) is 0 Å². The molecule has 2 aromatic carbocycles. The van der Waals surface area contributed by atoms with Crippen molar-refractivity contribution in [3.05, 3.63) is 82.2 Å². The van der Waals surface area contributed by atoms with Gasteiger partial charge >= 0.3 is 5.97 Å². The van der Waals surface area contributed by atoms with Crippen molar-refractivity contribution < 1.29 is 24.2 Å². The smallest absolute Gasteiger partial charge is 0.342 e. The van der Waals surface area contributed by atoms with Crippen LogP contribution in [0.3, 0.4) is 0 Å². The van der Waals surface area contributed by atoms with Crippen molar-refractivity contribution in [2.45, 2.75) is 33.7 Å². The van der Waals surface area contributed by atoms with Gasteiger partial charge in [0.1, 0.15) is 17.1 Å². The first-order valence-electron chi connectivity index (χ1n) is 10.1. The zero-order valence-electron chi connectivity index (χ0n) is 18.3. The number of carbonyl (C=O) groups is 2. The third kappa shape index (κ3) is 4.97. The summed E-state index contributed by atoms with van der Waals surface area (Å²) in [6, 6.07) is 14.6. The van der Waals surface area contributed by atoms with Gasteiger partial charge in [0.25, 0.3) is 0 Å². The average Bonchev–Trinajstić information content (AvgIpc) is 3.06. The van der Waals surface area contributed by atoms with E-state index < -0.39 is 5.97 Å². The lowest BCUT2D eigenvalue weighted by atomic mass is 10.1. The molecule has 0 spiro atoms. The highest BCUT2D eigenvalue weighted by Gasteiger charge is 2.19. The molecule has 0 saturated heterocycles. The molecule has 0 fully saturated rings. The van der Waals surface area contributed by atoms with E-state index >= 15 is 0 Å². The minimum absolute atomic E-state index is 0.0535. The van der Waals surface area contributed by atoms with Gasteiger partial charge < -0.3 is 19.1 Å². The van der Waals surface area contributed by atoms with Crippen LogP contribution in [-0.2, 0) is 17.7 Å². The number of benzene rings is 2. The monoisotopic (exact) mass is 421 g/mol. The molecule has 1 heterocycles. The van der Waals surface area contributed by atoms with Crippen LogP contribution >= 0.6 is 0 Å². The number of nitrogens with zero attached hydrogens (tertiary/aromatic N) is 1. The molecule has 6 heteroatoms.